The molecule has 0 bridgehead atoms. The minimum Gasteiger partial charge on any atom is -0.349 e. The van der Waals surface area contributed by atoms with Gasteiger partial charge in [0, 0.05) is 25.2 Å². The van der Waals surface area contributed by atoms with Gasteiger partial charge in [-0.2, -0.15) is 10.2 Å². The zero-order chi connectivity index (χ0) is 18.3. The second-order valence-corrected chi connectivity index (χ2v) is 6.98. The number of amides is 1. The highest BCUT2D eigenvalue weighted by molar-refractivity contribution is 5.95. The van der Waals surface area contributed by atoms with Gasteiger partial charge in [0.05, 0.1) is 29.3 Å². The SMILES string of the molecule is CCc1c(C(=O)N[C@@H]2C[C@H]2c2cnn(C)c2)cnn1-c1ccc(C)cc1. The number of rotatable bonds is 5. The highest BCUT2D eigenvalue weighted by Gasteiger charge is 2.40. The predicted octanol–water partition coefficient (Wildman–Crippen LogP) is 2.76. The van der Waals surface area contributed by atoms with E-state index >= 15 is 0 Å². The summed E-state index contributed by atoms with van der Waals surface area (Å²) < 4.78 is 3.66. The largest absolute Gasteiger partial charge is 0.349 e. The molecule has 2 atom stereocenters. The lowest BCUT2D eigenvalue weighted by Crippen LogP contribution is -2.27. The smallest absolute Gasteiger partial charge is 0.255 e. The molecule has 1 aliphatic carbocycles. The van der Waals surface area contributed by atoms with Gasteiger partial charge in [-0.05, 0) is 37.5 Å². The van der Waals surface area contributed by atoms with Gasteiger partial charge in [0.25, 0.3) is 5.91 Å². The Morgan fingerprint density at radius 2 is 2.00 bits per heavy atom. The molecule has 4 rings (SSSR count). The highest BCUT2D eigenvalue weighted by Crippen LogP contribution is 2.40. The lowest BCUT2D eigenvalue weighted by atomic mass is 10.1. The summed E-state index contributed by atoms with van der Waals surface area (Å²) in [6.45, 7) is 4.11. The monoisotopic (exact) mass is 349 g/mol. The summed E-state index contributed by atoms with van der Waals surface area (Å²) in [5.74, 6) is 0.321. The van der Waals surface area contributed by atoms with Crippen LogP contribution in [-0.4, -0.2) is 31.5 Å². The van der Waals surface area contributed by atoms with E-state index in [1.807, 2.05) is 43.2 Å². The Balaban J connectivity index is 1.51. The third-order valence-corrected chi connectivity index (χ3v) is 4.99. The number of carbonyl (C=O) groups is 1. The van der Waals surface area contributed by atoms with Crippen LogP contribution in [0.15, 0.2) is 42.9 Å². The molecular weight excluding hydrogens is 326 g/mol. The fourth-order valence-corrected chi connectivity index (χ4v) is 3.41. The van der Waals surface area contributed by atoms with Gasteiger partial charge in [-0.15, -0.1) is 0 Å². The van der Waals surface area contributed by atoms with Crippen molar-refractivity contribution in [3.8, 4) is 5.69 Å². The third-order valence-electron chi connectivity index (χ3n) is 4.99. The van der Waals surface area contributed by atoms with Crippen molar-refractivity contribution in [1.29, 1.82) is 0 Å². The first-order valence-corrected chi connectivity index (χ1v) is 9.00. The van der Waals surface area contributed by atoms with Gasteiger partial charge < -0.3 is 5.32 Å². The molecule has 1 aromatic carbocycles. The predicted molar refractivity (Wildman–Crippen MR) is 99.5 cm³/mol. The van der Waals surface area contributed by atoms with Crippen molar-refractivity contribution in [2.24, 2.45) is 7.05 Å². The second-order valence-electron chi connectivity index (χ2n) is 6.98. The van der Waals surface area contributed by atoms with E-state index in [4.69, 9.17) is 0 Å². The van der Waals surface area contributed by atoms with E-state index in [0.717, 1.165) is 24.2 Å². The van der Waals surface area contributed by atoms with E-state index in [1.165, 1.54) is 11.1 Å². The molecule has 1 saturated carbocycles. The molecule has 1 fully saturated rings. The first kappa shape index (κ1) is 16.6. The van der Waals surface area contributed by atoms with Gasteiger partial charge in [0.15, 0.2) is 0 Å². The summed E-state index contributed by atoms with van der Waals surface area (Å²) in [7, 11) is 1.91. The molecule has 0 radical (unpaired) electrons. The third kappa shape index (κ3) is 3.03. The molecule has 1 amide bonds. The van der Waals surface area contributed by atoms with Crippen molar-refractivity contribution in [2.75, 3.05) is 0 Å². The summed E-state index contributed by atoms with van der Waals surface area (Å²) in [6.07, 6.45) is 7.28. The zero-order valence-electron chi connectivity index (χ0n) is 15.3. The summed E-state index contributed by atoms with van der Waals surface area (Å²) in [6, 6.07) is 8.35. The van der Waals surface area contributed by atoms with E-state index in [0.29, 0.717) is 11.5 Å². The summed E-state index contributed by atoms with van der Waals surface area (Å²) >= 11 is 0. The fourth-order valence-electron chi connectivity index (χ4n) is 3.41. The molecule has 6 heteroatoms. The van der Waals surface area contributed by atoms with Crippen LogP contribution in [0.25, 0.3) is 5.69 Å². The molecule has 0 aliphatic heterocycles. The maximum absolute atomic E-state index is 12.8. The number of hydrogen-bond acceptors (Lipinski definition) is 3. The number of hydrogen-bond donors (Lipinski definition) is 1. The van der Waals surface area contributed by atoms with Crippen molar-refractivity contribution in [1.82, 2.24) is 24.9 Å². The van der Waals surface area contributed by atoms with E-state index < -0.39 is 0 Å². The van der Waals surface area contributed by atoms with Gasteiger partial charge in [0.1, 0.15) is 0 Å². The molecule has 134 valence electrons. The Morgan fingerprint density at radius 3 is 2.65 bits per heavy atom. The van der Waals surface area contributed by atoms with Gasteiger partial charge in [-0.25, -0.2) is 4.68 Å². The maximum Gasteiger partial charge on any atom is 0.255 e. The Hall–Kier alpha value is -2.89. The van der Waals surface area contributed by atoms with Crippen LogP contribution in [0.2, 0.25) is 0 Å². The first-order valence-electron chi connectivity index (χ1n) is 9.00. The summed E-state index contributed by atoms with van der Waals surface area (Å²) in [5.41, 5.74) is 4.96. The molecule has 2 aromatic heterocycles. The molecule has 2 heterocycles. The number of aromatic nitrogens is 4. The van der Waals surface area contributed by atoms with Crippen LogP contribution in [0.1, 0.15) is 46.4 Å². The zero-order valence-corrected chi connectivity index (χ0v) is 15.3. The van der Waals surface area contributed by atoms with Gasteiger partial charge in [-0.1, -0.05) is 24.6 Å². The Labute approximate surface area is 152 Å². The summed E-state index contributed by atoms with van der Waals surface area (Å²) in [4.78, 5) is 12.8. The topological polar surface area (TPSA) is 64.7 Å². The Kier molecular flexibility index (Phi) is 4.11. The van der Waals surface area contributed by atoms with E-state index in [9.17, 15) is 4.79 Å². The van der Waals surface area contributed by atoms with Crippen LogP contribution in [0.4, 0.5) is 0 Å². The molecule has 0 spiro atoms. The van der Waals surface area contributed by atoms with Gasteiger partial charge in [-0.3, -0.25) is 9.48 Å². The minimum absolute atomic E-state index is 0.0448. The second kappa shape index (κ2) is 6.44. The van der Waals surface area contributed by atoms with Crippen molar-refractivity contribution in [3.05, 3.63) is 65.2 Å². The van der Waals surface area contributed by atoms with Crippen molar-refractivity contribution >= 4 is 5.91 Å². The maximum atomic E-state index is 12.8. The van der Waals surface area contributed by atoms with Crippen LogP contribution >= 0.6 is 0 Å². The van der Waals surface area contributed by atoms with E-state index in [-0.39, 0.29) is 11.9 Å². The first-order chi connectivity index (χ1) is 12.6. The number of carbonyl (C=O) groups excluding carboxylic acids is 1. The molecule has 6 nitrogen and oxygen atoms in total. The molecule has 0 unspecified atom stereocenters. The lowest BCUT2D eigenvalue weighted by molar-refractivity contribution is 0.0949. The van der Waals surface area contributed by atoms with Crippen LogP contribution in [-0.2, 0) is 13.5 Å². The van der Waals surface area contributed by atoms with Crippen molar-refractivity contribution in [2.45, 2.75) is 38.6 Å². The number of benzene rings is 1. The fraction of sp³-hybridized carbons (Fsp3) is 0.350. The van der Waals surface area contributed by atoms with E-state index in [1.54, 1.807) is 10.9 Å². The Bertz CT molecular complexity index is 938. The molecule has 0 saturated heterocycles. The average Bonchev–Trinajstić information content (AvgIpc) is 3.05. The number of aryl methyl sites for hydroxylation is 2. The Morgan fingerprint density at radius 1 is 1.23 bits per heavy atom. The van der Waals surface area contributed by atoms with Crippen LogP contribution in [0.3, 0.4) is 0 Å². The number of nitrogens with zero attached hydrogens (tertiary/aromatic N) is 4. The molecule has 26 heavy (non-hydrogen) atoms. The van der Waals surface area contributed by atoms with Gasteiger partial charge >= 0.3 is 0 Å². The minimum atomic E-state index is -0.0448. The molecular formula is C20H23N5O. The van der Waals surface area contributed by atoms with Crippen molar-refractivity contribution < 1.29 is 4.79 Å². The lowest BCUT2D eigenvalue weighted by Gasteiger charge is -2.09. The highest BCUT2D eigenvalue weighted by atomic mass is 16.1. The molecule has 3 aromatic rings. The van der Waals surface area contributed by atoms with Gasteiger partial charge in [0.2, 0.25) is 0 Å². The van der Waals surface area contributed by atoms with Crippen molar-refractivity contribution in [3.63, 3.8) is 0 Å². The van der Waals surface area contributed by atoms with Crippen LogP contribution < -0.4 is 5.32 Å². The number of nitrogens with one attached hydrogen (secondary N) is 1. The quantitative estimate of drug-likeness (QED) is 0.770. The normalized spacial score (nSPS) is 18.7. The molecule has 1 N–H and O–H groups in total. The molecule has 1 aliphatic rings. The summed E-state index contributed by atoms with van der Waals surface area (Å²) in [5, 5.41) is 11.8. The average molecular weight is 349 g/mol. The van der Waals surface area contributed by atoms with Crippen LogP contribution in [0, 0.1) is 6.92 Å². The van der Waals surface area contributed by atoms with Crippen LogP contribution in [0.5, 0.6) is 0 Å². The standard InChI is InChI=1S/C20H23N5O/c1-4-19-17(11-22-25(19)15-7-5-13(2)6-8-15)20(26)23-18-9-16(18)14-10-21-24(3)12-14/h5-8,10-12,16,18H,4,9H2,1-3H3,(H,23,26)/t16-,18+/m0/s1. The van der Waals surface area contributed by atoms with E-state index in [2.05, 4.69) is 34.6 Å².